The first kappa shape index (κ1) is 26.6. The van der Waals surface area contributed by atoms with Gasteiger partial charge in [-0.25, -0.2) is 9.78 Å². The predicted octanol–water partition coefficient (Wildman–Crippen LogP) is 5.23. The Hall–Kier alpha value is -4.48. The van der Waals surface area contributed by atoms with Crippen LogP contribution < -0.4 is 14.8 Å². The lowest BCUT2D eigenvalue weighted by molar-refractivity contribution is -0.192. The Morgan fingerprint density at radius 2 is 1.82 bits per heavy atom. The maximum atomic E-state index is 10.6. The maximum absolute atomic E-state index is 10.6. The standard InChI is InChI=1S/C24H23N5O2.C2HF3O2/c1-30-22-11-17-18(14-27-29-21(17)12-23(22)31-2)15-8-9-24(26-13-15)28-20-7-3-6-19-16(20)5-4-10-25-19;3-2(4,5)1(6)7/h4-5,8-14,20H,3,6-7H2,1-2H3,(H,26,28);(H,6,7). The Balaban J connectivity index is 0.000000426. The summed E-state index contributed by atoms with van der Waals surface area (Å²) in [5.74, 6) is -0.634. The van der Waals surface area contributed by atoms with Gasteiger partial charge in [0.05, 0.1) is 32.0 Å². The van der Waals surface area contributed by atoms with Crippen molar-refractivity contribution in [2.75, 3.05) is 19.5 Å². The first-order chi connectivity index (χ1) is 18.2. The van der Waals surface area contributed by atoms with Crippen molar-refractivity contribution in [1.82, 2.24) is 20.2 Å². The molecule has 198 valence electrons. The molecule has 4 aromatic rings. The lowest BCUT2D eigenvalue weighted by atomic mass is 9.91. The highest BCUT2D eigenvalue weighted by Crippen LogP contribution is 2.36. The van der Waals surface area contributed by atoms with Crippen molar-refractivity contribution in [3.63, 3.8) is 0 Å². The van der Waals surface area contributed by atoms with Crippen LogP contribution in [0.1, 0.15) is 30.1 Å². The van der Waals surface area contributed by atoms with Gasteiger partial charge in [0.2, 0.25) is 0 Å². The van der Waals surface area contributed by atoms with E-state index in [1.165, 1.54) is 11.3 Å². The summed E-state index contributed by atoms with van der Waals surface area (Å²) in [6.45, 7) is 0. The molecule has 1 aromatic carbocycles. The molecule has 0 fully saturated rings. The number of aryl methyl sites for hydroxylation is 1. The Morgan fingerprint density at radius 3 is 2.47 bits per heavy atom. The monoisotopic (exact) mass is 527 g/mol. The molecular formula is C26H24F3N5O4. The topological polar surface area (TPSA) is 119 Å². The second-order valence-corrected chi connectivity index (χ2v) is 8.35. The smallest absolute Gasteiger partial charge is 0.490 e. The zero-order chi connectivity index (χ0) is 27.3. The molecule has 3 heterocycles. The number of methoxy groups -OCH3 is 2. The Bertz CT molecular complexity index is 1430. The minimum atomic E-state index is -5.08. The fourth-order valence-electron chi connectivity index (χ4n) is 4.19. The fraction of sp³-hybridized carbons (Fsp3) is 0.269. The number of fused-ring (bicyclic) bond motifs is 2. The number of halogens is 3. The number of carboxylic acids is 1. The van der Waals surface area contributed by atoms with Gasteiger partial charge >= 0.3 is 12.1 Å². The van der Waals surface area contributed by atoms with Gasteiger partial charge < -0.3 is 19.9 Å². The molecule has 0 bridgehead atoms. The van der Waals surface area contributed by atoms with Gasteiger partial charge in [0, 0.05) is 40.7 Å². The minimum absolute atomic E-state index is 0.232. The van der Waals surface area contributed by atoms with Gasteiger partial charge in [-0.2, -0.15) is 23.4 Å². The van der Waals surface area contributed by atoms with Gasteiger partial charge in [0.15, 0.2) is 11.5 Å². The van der Waals surface area contributed by atoms with Crippen LogP contribution in [0.15, 0.2) is 55.0 Å². The van der Waals surface area contributed by atoms with E-state index in [1.54, 1.807) is 20.4 Å². The lowest BCUT2D eigenvalue weighted by Gasteiger charge is -2.26. The van der Waals surface area contributed by atoms with Crippen LogP contribution in [-0.4, -0.2) is 51.6 Å². The van der Waals surface area contributed by atoms with Gasteiger partial charge in [-0.3, -0.25) is 4.98 Å². The normalized spacial score (nSPS) is 14.6. The fourth-order valence-corrected chi connectivity index (χ4v) is 4.19. The summed E-state index contributed by atoms with van der Waals surface area (Å²) < 4.78 is 42.6. The molecule has 9 nitrogen and oxygen atoms in total. The van der Waals surface area contributed by atoms with Crippen LogP contribution in [0.5, 0.6) is 11.5 Å². The third kappa shape index (κ3) is 5.90. The van der Waals surface area contributed by atoms with Gasteiger partial charge in [0.1, 0.15) is 5.82 Å². The van der Waals surface area contributed by atoms with Crippen molar-refractivity contribution in [3.05, 3.63) is 66.2 Å². The van der Waals surface area contributed by atoms with E-state index in [0.29, 0.717) is 11.5 Å². The summed E-state index contributed by atoms with van der Waals surface area (Å²) in [6, 6.07) is 12.2. The molecule has 3 aromatic heterocycles. The molecule has 0 saturated heterocycles. The molecule has 5 rings (SSSR count). The number of hydrogen-bond donors (Lipinski definition) is 2. The zero-order valence-corrected chi connectivity index (χ0v) is 20.5. The van der Waals surface area contributed by atoms with Crippen LogP contribution in [0.2, 0.25) is 0 Å². The van der Waals surface area contributed by atoms with Crippen molar-refractivity contribution in [3.8, 4) is 22.6 Å². The zero-order valence-electron chi connectivity index (χ0n) is 20.5. The molecule has 0 amide bonds. The number of aromatic nitrogens is 4. The van der Waals surface area contributed by atoms with E-state index in [2.05, 4.69) is 37.6 Å². The largest absolute Gasteiger partial charge is 0.493 e. The molecule has 2 N–H and O–H groups in total. The Labute approximate surface area is 215 Å². The van der Waals surface area contributed by atoms with Gasteiger partial charge in [-0.05, 0) is 49.1 Å². The molecule has 38 heavy (non-hydrogen) atoms. The van der Waals surface area contributed by atoms with Gasteiger partial charge in [0.25, 0.3) is 0 Å². The highest BCUT2D eigenvalue weighted by molar-refractivity contribution is 5.95. The van der Waals surface area contributed by atoms with Crippen molar-refractivity contribution < 1.29 is 32.5 Å². The van der Waals surface area contributed by atoms with E-state index in [4.69, 9.17) is 19.4 Å². The molecule has 0 aliphatic heterocycles. The Morgan fingerprint density at radius 1 is 1.08 bits per heavy atom. The predicted molar refractivity (Wildman–Crippen MR) is 133 cm³/mol. The average molecular weight is 528 g/mol. The highest BCUT2D eigenvalue weighted by atomic mass is 19.4. The van der Waals surface area contributed by atoms with E-state index in [9.17, 15) is 13.2 Å². The molecule has 1 aliphatic rings. The average Bonchev–Trinajstić information content (AvgIpc) is 2.92. The summed E-state index contributed by atoms with van der Waals surface area (Å²) in [5.41, 5.74) is 5.09. The van der Waals surface area contributed by atoms with E-state index in [1.807, 2.05) is 36.7 Å². The van der Waals surface area contributed by atoms with Gasteiger partial charge in [-0.1, -0.05) is 6.07 Å². The van der Waals surface area contributed by atoms with Crippen molar-refractivity contribution >= 4 is 22.7 Å². The number of aliphatic carboxylic acids is 1. The summed E-state index contributed by atoms with van der Waals surface area (Å²) >= 11 is 0. The number of alkyl halides is 3. The van der Waals surface area contributed by atoms with Crippen LogP contribution in [0, 0.1) is 0 Å². The minimum Gasteiger partial charge on any atom is -0.493 e. The van der Waals surface area contributed by atoms with Crippen LogP contribution in [-0.2, 0) is 11.2 Å². The molecule has 1 unspecified atom stereocenters. The summed E-state index contributed by atoms with van der Waals surface area (Å²) in [6.07, 6.45) is 3.63. The van der Waals surface area contributed by atoms with Crippen LogP contribution in [0.4, 0.5) is 19.0 Å². The number of nitrogens with one attached hydrogen (secondary N) is 1. The molecule has 1 atom stereocenters. The van der Waals surface area contributed by atoms with Gasteiger partial charge in [-0.15, -0.1) is 0 Å². The number of anilines is 1. The van der Waals surface area contributed by atoms with Crippen LogP contribution in [0.3, 0.4) is 0 Å². The maximum Gasteiger partial charge on any atom is 0.490 e. The van der Waals surface area contributed by atoms with Crippen molar-refractivity contribution in [2.24, 2.45) is 0 Å². The number of ether oxygens (including phenoxy) is 2. The summed E-state index contributed by atoms with van der Waals surface area (Å²) in [7, 11) is 3.23. The van der Waals surface area contributed by atoms with E-state index in [0.717, 1.165) is 47.1 Å². The summed E-state index contributed by atoms with van der Waals surface area (Å²) in [4.78, 5) is 18.1. The van der Waals surface area contributed by atoms with Crippen LogP contribution >= 0.6 is 0 Å². The third-order valence-corrected chi connectivity index (χ3v) is 5.99. The molecule has 0 radical (unpaired) electrons. The second-order valence-electron chi connectivity index (χ2n) is 8.35. The third-order valence-electron chi connectivity index (χ3n) is 5.99. The molecular weight excluding hydrogens is 503 g/mol. The number of pyridine rings is 2. The number of nitrogens with zero attached hydrogens (tertiary/aromatic N) is 4. The number of rotatable bonds is 5. The van der Waals surface area contributed by atoms with Crippen molar-refractivity contribution in [2.45, 2.75) is 31.5 Å². The molecule has 1 aliphatic carbocycles. The SMILES string of the molecule is COc1cc2nncc(-c3ccc(NC4CCCc5ncccc54)nc3)c2cc1OC.O=C(O)C(F)(F)F. The molecule has 0 saturated carbocycles. The van der Waals surface area contributed by atoms with E-state index >= 15 is 0 Å². The lowest BCUT2D eigenvalue weighted by Crippen LogP contribution is -2.21. The highest BCUT2D eigenvalue weighted by Gasteiger charge is 2.38. The van der Waals surface area contributed by atoms with Crippen molar-refractivity contribution in [1.29, 1.82) is 0 Å². The second kappa shape index (κ2) is 11.3. The molecule has 12 heteroatoms. The van der Waals surface area contributed by atoms with Crippen LogP contribution in [0.25, 0.3) is 22.0 Å². The quantitative estimate of drug-likeness (QED) is 0.360. The van der Waals surface area contributed by atoms with E-state index < -0.39 is 12.1 Å². The number of carbonyl (C=O) groups is 1. The number of benzene rings is 1. The first-order valence-electron chi connectivity index (χ1n) is 11.6. The number of carboxylic acid groups (broad SMARTS) is 1. The first-order valence-corrected chi connectivity index (χ1v) is 11.6. The molecule has 0 spiro atoms. The number of hydrogen-bond acceptors (Lipinski definition) is 8. The summed E-state index contributed by atoms with van der Waals surface area (Å²) in [5, 5.41) is 20.0. The van der Waals surface area contributed by atoms with E-state index in [-0.39, 0.29) is 6.04 Å². The Kier molecular flexibility index (Phi) is 7.89.